The number of rotatable bonds is 5. The first kappa shape index (κ1) is 15.8. The van der Waals surface area contributed by atoms with E-state index >= 15 is 0 Å². The average Bonchev–Trinajstić information content (AvgIpc) is 2.87. The van der Waals surface area contributed by atoms with Crippen molar-refractivity contribution in [3.63, 3.8) is 0 Å². The van der Waals surface area contributed by atoms with Crippen molar-refractivity contribution in [1.29, 1.82) is 5.26 Å². The molecule has 1 heterocycles. The number of hydrogen-bond donors (Lipinski definition) is 1. The Balaban J connectivity index is 1.78. The Morgan fingerprint density at radius 3 is 2.40 bits per heavy atom. The van der Waals surface area contributed by atoms with Crippen LogP contribution in [0.2, 0.25) is 0 Å². The van der Waals surface area contributed by atoms with Crippen molar-refractivity contribution in [2.24, 2.45) is 17.1 Å². The summed E-state index contributed by atoms with van der Waals surface area (Å²) < 4.78 is 0. The third kappa shape index (κ3) is 3.18. The normalized spacial score (nSPS) is 34.0. The number of nitrogens with two attached hydrogens (primary N) is 1. The van der Waals surface area contributed by atoms with Gasteiger partial charge in [-0.3, -0.25) is 0 Å². The molecule has 0 aromatic rings. The van der Waals surface area contributed by atoms with Crippen LogP contribution in [0.1, 0.15) is 65.2 Å². The van der Waals surface area contributed by atoms with Crippen LogP contribution in [-0.4, -0.2) is 30.1 Å². The number of hydrogen-bond acceptors (Lipinski definition) is 3. The van der Waals surface area contributed by atoms with E-state index in [0.29, 0.717) is 11.3 Å². The quantitative estimate of drug-likeness (QED) is 0.839. The van der Waals surface area contributed by atoms with E-state index in [4.69, 9.17) is 5.73 Å². The topological polar surface area (TPSA) is 53.0 Å². The largest absolute Gasteiger partial charge is 0.313 e. The molecule has 1 aliphatic carbocycles. The predicted molar refractivity (Wildman–Crippen MR) is 83.2 cm³/mol. The summed E-state index contributed by atoms with van der Waals surface area (Å²) in [5.74, 6) is 0.413. The first-order valence-electron chi connectivity index (χ1n) is 8.50. The number of nitriles is 1. The maximum atomic E-state index is 9.28. The number of piperidine rings is 1. The number of likely N-dealkylation sites (tertiary alicyclic amines) is 1. The molecule has 2 N–H and O–H groups in total. The van der Waals surface area contributed by atoms with Gasteiger partial charge in [0.25, 0.3) is 0 Å². The van der Waals surface area contributed by atoms with Crippen molar-refractivity contribution >= 4 is 0 Å². The Morgan fingerprint density at radius 1 is 1.20 bits per heavy atom. The van der Waals surface area contributed by atoms with E-state index in [-0.39, 0.29) is 0 Å². The van der Waals surface area contributed by atoms with Crippen molar-refractivity contribution in [3.8, 4) is 6.07 Å². The second kappa shape index (κ2) is 6.45. The fraction of sp³-hybridized carbons (Fsp3) is 0.941. The average molecular weight is 277 g/mol. The molecule has 0 bridgehead atoms. The molecular formula is C17H31N3. The minimum Gasteiger partial charge on any atom is -0.313 e. The lowest BCUT2D eigenvalue weighted by Gasteiger charge is -2.41. The standard InChI is InChI=1S/C17H31N3/c1-3-16(4-2)9-12-20(13-10-16)11-7-15-6-5-8-17(15,19)14-18/h15H,3-13,19H2,1-2H3. The zero-order chi connectivity index (χ0) is 14.6. The third-order valence-corrected chi connectivity index (χ3v) is 6.29. The molecule has 0 aromatic carbocycles. The van der Waals surface area contributed by atoms with Gasteiger partial charge in [-0.2, -0.15) is 5.26 Å². The third-order valence-electron chi connectivity index (χ3n) is 6.29. The van der Waals surface area contributed by atoms with Gasteiger partial charge in [-0.25, -0.2) is 0 Å². The molecule has 1 aliphatic heterocycles. The molecule has 0 spiro atoms. The fourth-order valence-corrected chi connectivity index (χ4v) is 4.20. The zero-order valence-electron chi connectivity index (χ0n) is 13.3. The summed E-state index contributed by atoms with van der Waals surface area (Å²) in [4.78, 5) is 2.60. The van der Waals surface area contributed by atoms with Gasteiger partial charge in [-0.1, -0.05) is 33.1 Å². The van der Waals surface area contributed by atoms with E-state index < -0.39 is 5.54 Å². The van der Waals surface area contributed by atoms with E-state index in [2.05, 4.69) is 24.8 Å². The molecule has 2 unspecified atom stereocenters. The highest BCUT2D eigenvalue weighted by atomic mass is 15.1. The summed E-state index contributed by atoms with van der Waals surface area (Å²) in [6, 6.07) is 2.37. The van der Waals surface area contributed by atoms with Crippen molar-refractivity contribution in [2.75, 3.05) is 19.6 Å². The predicted octanol–water partition coefficient (Wildman–Crippen LogP) is 3.30. The molecule has 3 heteroatoms. The molecule has 3 nitrogen and oxygen atoms in total. The highest BCUT2D eigenvalue weighted by Crippen LogP contribution is 2.39. The zero-order valence-corrected chi connectivity index (χ0v) is 13.3. The lowest BCUT2D eigenvalue weighted by Crippen LogP contribution is -2.44. The summed E-state index contributed by atoms with van der Waals surface area (Å²) in [6.07, 6.45) is 9.60. The summed E-state index contributed by atoms with van der Waals surface area (Å²) in [7, 11) is 0. The van der Waals surface area contributed by atoms with Gasteiger partial charge in [-0.05, 0) is 63.1 Å². The second-order valence-corrected chi connectivity index (χ2v) is 7.08. The fourth-order valence-electron chi connectivity index (χ4n) is 4.20. The Labute approximate surface area is 124 Å². The first-order chi connectivity index (χ1) is 9.57. The van der Waals surface area contributed by atoms with Gasteiger partial charge in [0.15, 0.2) is 0 Å². The molecule has 0 amide bonds. The van der Waals surface area contributed by atoms with Crippen molar-refractivity contribution in [3.05, 3.63) is 0 Å². The summed E-state index contributed by atoms with van der Waals surface area (Å²) in [5, 5.41) is 9.28. The van der Waals surface area contributed by atoms with Gasteiger partial charge >= 0.3 is 0 Å². The van der Waals surface area contributed by atoms with Crippen LogP contribution in [0, 0.1) is 22.7 Å². The summed E-state index contributed by atoms with van der Waals surface area (Å²) >= 11 is 0. The van der Waals surface area contributed by atoms with E-state index in [1.165, 1.54) is 38.8 Å². The molecule has 1 saturated heterocycles. The summed E-state index contributed by atoms with van der Waals surface area (Å²) in [5.41, 5.74) is 6.29. The molecule has 20 heavy (non-hydrogen) atoms. The van der Waals surface area contributed by atoms with Crippen LogP contribution in [0.3, 0.4) is 0 Å². The van der Waals surface area contributed by atoms with Crippen LogP contribution in [0.4, 0.5) is 0 Å². The van der Waals surface area contributed by atoms with Crippen LogP contribution in [0.15, 0.2) is 0 Å². The lowest BCUT2D eigenvalue weighted by molar-refractivity contribution is 0.0899. The van der Waals surface area contributed by atoms with Gasteiger partial charge in [0.2, 0.25) is 0 Å². The molecule has 2 atom stereocenters. The van der Waals surface area contributed by atoms with E-state index in [0.717, 1.165) is 32.2 Å². The van der Waals surface area contributed by atoms with Gasteiger partial charge in [0, 0.05) is 0 Å². The maximum absolute atomic E-state index is 9.28. The Morgan fingerprint density at radius 2 is 1.85 bits per heavy atom. The van der Waals surface area contributed by atoms with Crippen LogP contribution >= 0.6 is 0 Å². The van der Waals surface area contributed by atoms with E-state index in [1.807, 2.05) is 0 Å². The monoisotopic (exact) mass is 277 g/mol. The van der Waals surface area contributed by atoms with E-state index in [9.17, 15) is 5.26 Å². The summed E-state index contributed by atoms with van der Waals surface area (Å²) in [6.45, 7) is 8.28. The van der Waals surface area contributed by atoms with Crippen LogP contribution < -0.4 is 5.73 Å². The minimum absolute atomic E-state index is 0.413. The molecule has 0 aromatic heterocycles. The van der Waals surface area contributed by atoms with Crippen LogP contribution in [0.5, 0.6) is 0 Å². The second-order valence-electron chi connectivity index (χ2n) is 7.08. The van der Waals surface area contributed by atoms with Gasteiger partial charge < -0.3 is 10.6 Å². The van der Waals surface area contributed by atoms with Crippen LogP contribution in [0.25, 0.3) is 0 Å². The van der Waals surface area contributed by atoms with Crippen molar-refractivity contribution < 1.29 is 0 Å². The Kier molecular flexibility index (Phi) is 5.09. The van der Waals surface area contributed by atoms with Crippen molar-refractivity contribution in [1.82, 2.24) is 4.90 Å². The highest BCUT2D eigenvalue weighted by molar-refractivity contribution is 5.12. The molecule has 0 radical (unpaired) electrons. The molecule has 1 saturated carbocycles. The molecule has 114 valence electrons. The molecule has 2 rings (SSSR count). The minimum atomic E-state index is -0.535. The smallest absolute Gasteiger partial charge is 0.107 e. The van der Waals surface area contributed by atoms with Gasteiger partial charge in [-0.15, -0.1) is 0 Å². The molecule has 2 fully saturated rings. The Hall–Kier alpha value is -0.590. The van der Waals surface area contributed by atoms with E-state index in [1.54, 1.807) is 0 Å². The van der Waals surface area contributed by atoms with Gasteiger partial charge in [0.1, 0.15) is 5.54 Å². The first-order valence-corrected chi connectivity index (χ1v) is 8.50. The van der Waals surface area contributed by atoms with Crippen LogP contribution in [-0.2, 0) is 0 Å². The maximum Gasteiger partial charge on any atom is 0.107 e. The lowest BCUT2D eigenvalue weighted by atomic mass is 9.74. The molecule has 2 aliphatic rings. The number of nitrogens with zero attached hydrogens (tertiary/aromatic N) is 2. The van der Waals surface area contributed by atoms with Crippen molar-refractivity contribution in [2.45, 2.75) is 70.8 Å². The SMILES string of the molecule is CCC1(CC)CCN(CCC2CCCC2(N)C#N)CC1. The Bertz CT molecular complexity index is 346. The van der Waals surface area contributed by atoms with Gasteiger partial charge in [0.05, 0.1) is 6.07 Å². The highest BCUT2D eigenvalue weighted by Gasteiger charge is 2.40. The molecular weight excluding hydrogens is 246 g/mol.